The minimum Gasteiger partial charge on any atom is -0.336 e. The molecule has 0 aromatic carbocycles. The Morgan fingerprint density at radius 2 is 2.04 bits per heavy atom. The van der Waals surface area contributed by atoms with Gasteiger partial charge in [-0.05, 0) is 46.8 Å². The van der Waals surface area contributed by atoms with Gasteiger partial charge in [0, 0.05) is 38.4 Å². The summed E-state index contributed by atoms with van der Waals surface area (Å²) in [5, 5.41) is 6.35. The fourth-order valence-corrected chi connectivity index (χ4v) is 4.71. The normalized spacial score (nSPS) is 17.3. The zero-order valence-corrected chi connectivity index (χ0v) is 15.1. The summed E-state index contributed by atoms with van der Waals surface area (Å²) in [6.07, 6.45) is 1.71. The average molecular weight is 358 g/mol. The summed E-state index contributed by atoms with van der Waals surface area (Å²) in [5.41, 5.74) is 3.03. The van der Waals surface area contributed by atoms with Crippen molar-refractivity contribution in [2.24, 2.45) is 0 Å². The highest BCUT2D eigenvalue weighted by Gasteiger charge is 2.25. The maximum atomic E-state index is 12.7. The van der Waals surface area contributed by atoms with E-state index in [2.05, 4.69) is 33.6 Å². The Morgan fingerprint density at radius 3 is 2.79 bits per heavy atom. The third kappa shape index (κ3) is 2.97. The maximum Gasteiger partial charge on any atom is 0.255 e. The number of hydrogen-bond donors (Lipinski definition) is 0. The van der Waals surface area contributed by atoms with Crippen LogP contribution in [0.2, 0.25) is 0 Å². The van der Waals surface area contributed by atoms with Gasteiger partial charge in [-0.25, -0.2) is 0 Å². The van der Waals surface area contributed by atoms with Gasteiger partial charge in [-0.15, -0.1) is 11.3 Å². The lowest BCUT2D eigenvalue weighted by Crippen LogP contribution is -2.49. The predicted molar refractivity (Wildman–Crippen MR) is 99.8 cm³/mol. The summed E-state index contributed by atoms with van der Waals surface area (Å²) >= 11 is 3.37. The van der Waals surface area contributed by atoms with E-state index in [4.69, 9.17) is 0 Å². The van der Waals surface area contributed by atoms with E-state index in [1.54, 1.807) is 28.9 Å². The van der Waals surface area contributed by atoms with Crippen molar-refractivity contribution < 1.29 is 4.79 Å². The Kier molecular flexibility index (Phi) is 4.35. The van der Waals surface area contributed by atoms with Crippen LogP contribution >= 0.6 is 22.7 Å². The summed E-state index contributed by atoms with van der Waals surface area (Å²) in [4.78, 5) is 21.5. The highest BCUT2D eigenvalue weighted by Crippen LogP contribution is 2.24. The summed E-state index contributed by atoms with van der Waals surface area (Å²) in [6, 6.07) is 6.56. The van der Waals surface area contributed by atoms with Crippen molar-refractivity contribution in [2.45, 2.75) is 13.0 Å². The number of rotatable bonds is 3. The van der Waals surface area contributed by atoms with E-state index >= 15 is 0 Å². The fraction of sp³-hybridized carbons (Fsp3) is 0.333. The lowest BCUT2D eigenvalue weighted by Gasteiger charge is -2.38. The molecule has 1 unspecified atom stereocenters. The van der Waals surface area contributed by atoms with Crippen molar-refractivity contribution >= 4 is 38.8 Å². The number of pyridine rings is 1. The molecule has 0 N–H and O–H groups in total. The Bertz CT molecular complexity index is 835. The first-order valence-electron chi connectivity index (χ1n) is 8.11. The van der Waals surface area contributed by atoms with Crippen LogP contribution < -0.4 is 0 Å². The number of amides is 1. The molecule has 0 aliphatic carbocycles. The van der Waals surface area contributed by atoms with Crippen LogP contribution in [0, 0.1) is 0 Å². The van der Waals surface area contributed by atoms with Crippen molar-refractivity contribution in [1.82, 2.24) is 14.8 Å². The molecular formula is C18H19N3OS2. The van der Waals surface area contributed by atoms with E-state index in [0.29, 0.717) is 11.6 Å². The van der Waals surface area contributed by atoms with Crippen molar-refractivity contribution in [1.29, 1.82) is 0 Å². The molecule has 0 bridgehead atoms. The highest BCUT2D eigenvalue weighted by molar-refractivity contribution is 7.17. The van der Waals surface area contributed by atoms with E-state index in [1.807, 2.05) is 22.4 Å². The molecule has 1 aliphatic heterocycles. The van der Waals surface area contributed by atoms with Crippen molar-refractivity contribution in [3.8, 4) is 0 Å². The fourth-order valence-electron chi connectivity index (χ4n) is 3.18. The molecule has 1 saturated heterocycles. The molecule has 0 saturated carbocycles. The van der Waals surface area contributed by atoms with Gasteiger partial charge >= 0.3 is 0 Å². The molecule has 0 radical (unpaired) electrons. The van der Waals surface area contributed by atoms with E-state index in [9.17, 15) is 4.79 Å². The van der Waals surface area contributed by atoms with Gasteiger partial charge < -0.3 is 4.90 Å². The van der Waals surface area contributed by atoms with Gasteiger partial charge in [-0.2, -0.15) is 11.3 Å². The number of aromatic nitrogens is 1. The number of piperazine rings is 1. The van der Waals surface area contributed by atoms with Crippen LogP contribution in [0.3, 0.4) is 0 Å². The first-order valence-corrected chi connectivity index (χ1v) is 9.93. The molecular weight excluding hydrogens is 338 g/mol. The second-order valence-corrected chi connectivity index (χ2v) is 7.82. The third-order valence-corrected chi connectivity index (χ3v) is 6.28. The predicted octanol–water partition coefficient (Wildman–Crippen LogP) is 3.88. The largest absolute Gasteiger partial charge is 0.336 e. The van der Waals surface area contributed by atoms with Gasteiger partial charge in [-0.1, -0.05) is 0 Å². The van der Waals surface area contributed by atoms with Gasteiger partial charge in [0.05, 0.1) is 15.8 Å². The quantitative estimate of drug-likeness (QED) is 0.714. The Balaban J connectivity index is 1.42. The zero-order valence-electron chi connectivity index (χ0n) is 13.5. The molecule has 1 amide bonds. The number of nitrogens with zero attached hydrogens (tertiary/aromatic N) is 3. The van der Waals surface area contributed by atoms with Crippen LogP contribution in [-0.2, 0) is 0 Å². The molecule has 1 atom stereocenters. The number of carbonyl (C=O) groups is 1. The first kappa shape index (κ1) is 15.7. The molecule has 24 heavy (non-hydrogen) atoms. The van der Waals surface area contributed by atoms with E-state index in [1.165, 1.54) is 5.56 Å². The number of fused-ring (bicyclic) bond motifs is 1. The van der Waals surface area contributed by atoms with Crippen LogP contribution in [0.4, 0.5) is 0 Å². The molecule has 124 valence electrons. The minimum atomic E-state index is 0.0978. The van der Waals surface area contributed by atoms with Crippen LogP contribution in [0.1, 0.15) is 28.9 Å². The molecule has 1 aliphatic rings. The molecule has 0 spiro atoms. The molecule has 3 aromatic heterocycles. The second-order valence-electron chi connectivity index (χ2n) is 6.09. The van der Waals surface area contributed by atoms with Gasteiger partial charge in [0.25, 0.3) is 5.91 Å². The second kappa shape index (κ2) is 6.63. The highest BCUT2D eigenvalue weighted by atomic mass is 32.1. The topological polar surface area (TPSA) is 36.4 Å². The summed E-state index contributed by atoms with van der Waals surface area (Å²) < 4.78 is 1.07. The van der Waals surface area contributed by atoms with Crippen LogP contribution in [-0.4, -0.2) is 46.9 Å². The smallest absolute Gasteiger partial charge is 0.255 e. The molecule has 4 heterocycles. The van der Waals surface area contributed by atoms with Crippen molar-refractivity contribution in [2.75, 3.05) is 26.2 Å². The first-order chi connectivity index (χ1) is 11.7. The van der Waals surface area contributed by atoms with Crippen LogP contribution in [0.25, 0.3) is 10.2 Å². The molecule has 3 aromatic rings. The Morgan fingerprint density at radius 1 is 1.21 bits per heavy atom. The third-order valence-electron chi connectivity index (χ3n) is 4.72. The zero-order chi connectivity index (χ0) is 16.5. The van der Waals surface area contributed by atoms with Crippen LogP contribution in [0.15, 0.2) is 40.5 Å². The van der Waals surface area contributed by atoms with E-state index in [-0.39, 0.29) is 5.91 Å². The lowest BCUT2D eigenvalue weighted by atomic mass is 10.1. The summed E-state index contributed by atoms with van der Waals surface area (Å²) in [5.74, 6) is 0.0978. The summed E-state index contributed by atoms with van der Waals surface area (Å²) in [7, 11) is 0. The molecule has 4 rings (SSSR count). The van der Waals surface area contributed by atoms with Crippen LogP contribution in [0.5, 0.6) is 0 Å². The van der Waals surface area contributed by atoms with Gasteiger partial charge in [0.1, 0.15) is 0 Å². The van der Waals surface area contributed by atoms with E-state index in [0.717, 1.165) is 36.4 Å². The Hall–Kier alpha value is -1.76. The minimum absolute atomic E-state index is 0.0978. The summed E-state index contributed by atoms with van der Waals surface area (Å²) in [6.45, 7) is 5.62. The lowest BCUT2D eigenvalue weighted by molar-refractivity contribution is 0.0582. The van der Waals surface area contributed by atoms with Gasteiger partial charge in [0.2, 0.25) is 0 Å². The van der Waals surface area contributed by atoms with Crippen molar-refractivity contribution in [3.63, 3.8) is 0 Å². The monoisotopic (exact) mass is 357 g/mol. The van der Waals surface area contributed by atoms with Gasteiger partial charge in [0.15, 0.2) is 0 Å². The molecule has 6 heteroatoms. The number of thiophene rings is 2. The Labute approximate surface area is 149 Å². The standard InChI is InChI=1S/C18H19N3OS2/c1-13(14-2-8-23-12-14)20-4-6-21(7-5-20)18(22)15-10-17-16(19-11-15)3-9-24-17/h2-3,8-13H,4-7H2,1H3. The maximum absolute atomic E-state index is 12.7. The number of carbonyl (C=O) groups excluding carboxylic acids is 1. The van der Waals surface area contributed by atoms with Gasteiger partial charge in [-0.3, -0.25) is 14.7 Å². The number of hydrogen-bond acceptors (Lipinski definition) is 5. The molecule has 4 nitrogen and oxygen atoms in total. The SMILES string of the molecule is CC(c1ccsc1)N1CCN(C(=O)c2cnc3ccsc3c2)CC1. The van der Waals surface area contributed by atoms with Crippen molar-refractivity contribution in [3.05, 3.63) is 51.7 Å². The average Bonchev–Trinajstić information content (AvgIpc) is 3.31. The van der Waals surface area contributed by atoms with E-state index < -0.39 is 0 Å². The molecule has 1 fully saturated rings.